The highest BCUT2D eigenvalue weighted by Gasteiger charge is 2.43. The third-order valence-corrected chi connectivity index (χ3v) is 4.88. The first-order chi connectivity index (χ1) is 14.7. The van der Waals surface area contributed by atoms with E-state index in [4.69, 9.17) is 14.6 Å². The summed E-state index contributed by atoms with van der Waals surface area (Å²) in [5, 5.41) is 11.8. The molecule has 1 atom stereocenters. The minimum atomic E-state index is -0.996. The van der Waals surface area contributed by atoms with E-state index < -0.39 is 5.54 Å². The van der Waals surface area contributed by atoms with Crippen molar-refractivity contribution in [3.05, 3.63) is 78.4 Å². The summed E-state index contributed by atoms with van der Waals surface area (Å²) < 4.78 is 11.3. The molecule has 2 aromatic rings. The molecule has 2 N–H and O–H groups in total. The van der Waals surface area contributed by atoms with Crippen molar-refractivity contribution in [1.29, 1.82) is 0 Å². The summed E-state index contributed by atoms with van der Waals surface area (Å²) in [6, 6.07) is 17.4. The Kier molecular flexibility index (Phi) is 7.63. The molecular weight excluding hydrogens is 380 g/mol. The predicted octanol–water partition coefficient (Wildman–Crippen LogP) is 2.90. The molecule has 0 bridgehead atoms. The van der Waals surface area contributed by atoms with E-state index in [0.29, 0.717) is 37.6 Å². The second kappa shape index (κ2) is 10.6. The van der Waals surface area contributed by atoms with Crippen LogP contribution in [0.2, 0.25) is 0 Å². The number of hydrogen-bond donors (Lipinski definition) is 2. The van der Waals surface area contributed by atoms with Gasteiger partial charge in [-0.2, -0.15) is 0 Å². The number of carbonyl (C=O) groups is 1. The summed E-state index contributed by atoms with van der Waals surface area (Å²) in [4.78, 5) is 17.6. The highest BCUT2D eigenvalue weighted by molar-refractivity contribution is 6.00. The average molecular weight is 408 g/mol. The molecule has 3 rings (SSSR count). The summed E-state index contributed by atoms with van der Waals surface area (Å²) in [6.45, 7) is 5.06. The van der Waals surface area contributed by atoms with Gasteiger partial charge in [0.25, 0.3) is 5.91 Å². The number of hydrogen-bond acceptors (Lipinski definition) is 5. The van der Waals surface area contributed by atoms with Gasteiger partial charge in [-0.1, -0.05) is 36.4 Å². The fourth-order valence-corrected chi connectivity index (χ4v) is 3.22. The van der Waals surface area contributed by atoms with E-state index in [1.165, 1.54) is 5.56 Å². The second-order valence-corrected chi connectivity index (χ2v) is 7.17. The maximum absolute atomic E-state index is 12.9. The summed E-state index contributed by atoms with van der Waals surface area (Å²) in [5.41, 5.74) is 0.959. The molecule has 1 amide bonds. The fourth-order valence-electron chi connectivity index (χ4n) is 3.22. The van der Waals surface area contributed by atoms with Crippen LogP contribution in [-0.2, 0) is 16.0 Å². The SMILES string of the molecule is C=CC[C@]1(C(=O)NCCc2ccccc2)COC(c2ccc(OCCCO)cc2)=N1. The van der Waals surface area contributed by atoms with Crippen LogP contribution in [0.4, 0.5) is 0 Å². The van der Waals surface area contributed by atoms with Crippen LogP contribution in [0.3, 0.4) is 0 Å². The number of aliphatic hydroxyl groups excluding tert-OH is 1. The van der Waals surface area contributed by atoms with E-state index in [2.05, 4.69) is 16.9 Å². The summed E-state index contributed by atoms with van der Waals surface area (Å²) in [7, 11) is 0. The van der Waals surface area contributed by atoms with Gasteiger partial charge in [0, 0.05) is 31.6 Å². The van der Waals surface area contributed by atoms with Gasteiger partial charge in [0.2, 0.25) is 5.90 Å². The van der Waals surface area contributed by atoms with E-state index >= 15 is 0 Å². The van der Waals surface area contributed by atoms with Gasteiger partial charge < -0.3 is 19.9 Å². The Balaban J connectivity index is 1.64. The number of amides is 1. The van der Waals surface area contributed by atoms with Gasteiger partial charge in [0.1, 0.15) is 12.4 Å². The molecule has 0 unspecified atom stereocenters. The largest absolute Gasteiger partial charge is 0.494 e. The maximum Gasteiger partial charge on any atom is 0.251 e. The van der Waals surface area contributed by atoms with E-state index in [0.717, 1.165) is 12.0 Å². The Morgan fingerprint density at radius 1 is 1.23 bits per heavy atom. The number of ether oxygens (including phenoxy) is 2. The Morgan fingerprint density at radius 2 is 2.00 bits per heavy atom. The Labute approximate surface area is 177 Å². The molecule has 158 valence electrons. The molecule has 30 heavy (non-hydrogen) atoms. The number of nitrogens with one attached hydrogen (secondary N) is 1. The third kappa shape index (κ3) is 5.48. The van der Waals surface area contributed by atoms with E-state index in [1.54, 1.807) is 6.08 Å². The van der Waals surface area contributed by atoms with Crippen molar-refractivity contribution >= 4 is 11.8 Å². The van der Waals surface area contributed by atoms with Crippen molar-refractivity contribution in [2.24, 2.45) is 4.99 Å². The number of nitrogens with zero attached hydrogens (tertiary/aromatic N) is 1. The number of rotatable bonds is 11. The molecule has 0 fully saturated rings. The molecule has 0 spiro atoms. The van der Waals surface area contributed by atoms with E-state index in [1.807, 2.05) is 54.6 Å². The summed E-state index contributed by atoms with van der Waals surface area (Å²) >= 11 is 0. The van der Waals surface area contributed by atoms with E-state index in [9.17, 15) is 4.79 Å². The molecule has 6 heteroatoms. The molecule has 0 saturated heterocycles. The first-order valence-corrected chi connectivity index (χ1v) is 10.2. The van der Waals surface area contributed by atoms with Gasteiger partial charge in [-0.25, -0.2) is 4.99 Å². The number of aliphatic imine (C=N–C) groups is 1. The molecule has 0 saturated carbocycles. The zero-order valence-electron chi connectivity index (χ0n) is 17.0. The zero-order chi connectivity index (χ0) is 21.2. The van der Waals surface area contributed by atoms with Gasteiger partial charge in [0.15, 0.2) is 5.54 Å². The topological polar surface area (TPSA) is 80.2 Å². The second-order valence-electron chi connectivity index (χ2n) is 7.17. The minimum absolute atomic E-state index is 0.0987. The van der Waals surface area contributed by atoms with Crippen LogP contribution in [0.1, 0.15) is 24.0 Å². The quantitative estimate of drug-likeness (QED) is 0.443. The van der Waals surface area contributed by atoms with Gasteiger partial charge in [0.05, 0.1) is 6.61 Å². The van der Waals surface area contributed by atoms with Crippen LogP contribution >= 0.6 is 0 Å². The highest BCUT2D eigenvalue weighted by Crippen LogP contribution is 2.27. The normalized spacial score (nSPS) is 17.7. The standard InChI is InChI=1S/C24H28N2O4/c1-2-14-24(23(28)25-15-13-19-7-4-3-5-8-19)18-30-22(26-24)20-9-11-21(12-10-20)29-17-6-16-27/h2-5,7-12,27H,1,6,13-18H2,(H,25,28)/t24-/m1/s1. The first kappa shape index (κ1) is 21.6. The van der Waals surface area contributed by atoms with Crippen molar-refractivity contribution in [3.63, 3.8) is 0 Å². The Hall–Kier alpha value is -3.12. The van der Waals surface area contributed by atoms with Gasteiger partial charge in [-0.15, -0.1) is 6.58 Å². The molecule has 1 aliphatic heterocycles. The molecule has 2 aromatic carbocycles. The molecule has 1 aliphatic rings. The Bertz CT molecular complexity index is 865. The van der Waals surface area contributed by atoms with Crippen LogP contribution < -0.4 is 10.1 Å². The minimum Gasteiger partial charge on any atom is -0.494 e. The van der Waals surface area contributed by atoms with Crippen molar-refractivity contribution in [2.45, 2.75) is 24.8 Å². The monoisotopic (exact) mass is 408 g/mol. The molecule has 0 radical (unpaired) electrons. The number of aliphatic hydroxyl groups is 1. The lowest BCUT2D eigenvalue weighted by Gasteiger charge is -2.21. The number of benzene rings is 2. The fraction of sp³-hybridized carbons (Fsp3) is 0.333. The van der Waals surface area contributed by atoms with Gasteiger partial charge in [-0.05, 0) is 36.2 Å². The van der Waals surface area contributed by atoms with Crippen molar-refractivity contribution in [3.8, 4) is 5.75 Å². The Morgan fingerprint density at radius 3 is 2.70 bits per heavy atom. The lowest BCUT2D eigenvalue weighted by molar-refractivity contribution is -0.126. The maximum atomic E-state index is 12.9. The van der Waals surface area contributed by atoms with Crippen molar-refractivity contribution < 1.29 is 19.4 Å². The van der Waals surface area contributed by atoms with Crippen LogP contribution in [0.25, 0.3) is 0 Å². The smallest absolute Gasteiger partial charge is 0.251 e. The average Bonchev–Trinajstić information content (AvgIpc) is 3.21. The van der Waals surface area contributed by atoms with Crippen LogP contribution in [0.5, 0.6) is 5.75 Å². The molecule has 0 aliphatic carbocycles. The zero-order valence-corrected chi connectivity index (χ0v) is 17.0. The van der Waals surface area contributed by atoms with Crippen molar-refractivity contribution in [2.75, 3.05) is 26.4 Å². The first-order valence-electron chi connectivity index (χ1n) is 10.2. The molecule has 6 nitrogen and oxygen atoms in total. The highest BCUT2D eigenvalue weighted by atomic mass is 16.5. The van der Waals surface area contributed by atoms with Crippen molar-refractivity contribution in [1.82, 2.24) is 5.32 Å². The van der Waals surface area contributed by atoms with Gasteiger partial charge in [-0.3, -0.25) is 4.79 Å². The molecular formula is C24H28N2O4. The molecule has 0 aromatic heterocycles. The summed E-state index contributed by atoms with van der Waals surface area (Å²) in [5.74, 6) is 0.996. The lowest BCUT2D eigenvalue weighted by Crippen LogP contribution is -2.47. The summed E-state index contributed by atoms with van der Waals surface area (Å²) in [6.07, 6.45) is 3.44. The third-order valence-electron chi connectivity index (χ3n) is 4.88. The lowest BCUT2D eigenvalue weighted by atomic mass is 9.96. The number of carbonyl (C=O) groups excluding carboxylic acids is 1. The van der Waals surface area contributed by atoms with Crippen LogP contribution in [-0.4, -0.2) is 48.8 Å². The van der Waals surface area contributed by atoms with Crippen LogP contribution in [0.15, 0.2) is 72.2 Å². The van der Waals surface area contributed by atoms with Crippen LogP contribution in [0, 0.1) is 0 Å². The molecule has 1 heterocycles. The van der Waals surface area contributed by atoms with E-state index in [-0.39, 0.29) is 19.1 Å². The predicted molar refractivity (Wildman–Crippen MR) is 117 cm³/mol. The van der Waals surface area contributed by atoms with Gasteiger partial charge >= 0.3 is 0 Å².